The van der Waals surface area contributed by atoms with E-state index in [1.165, 1.54) is 13.2 Å². The molecule has 0 bridgehead atoms. The number of anilines is 1. The van der Waals surface area contributed by atoms with Gasteiger partial charge in [-0.2, -0.15) is 0 Å². The zero-order chi connectivity index (χ0) is 15.6. The fourth-order valence-corrected chi connectivity index (χ4v) is 2.59. The van der Waals surface area contributed by atoms with Crippen LogP contribution in [0.25, 0.3) is 0 Å². The third kappa shape index (κ3) is 3.18. The number of nitrogens with zero attached hydrogens (tertiary/aromatic N) is 1. The highest BCUT2D eigenvalue weighted by Gasteiger charge is 2.22. The van der Waals surface area contributed by atoms with Crippen molar-refractivity contribution < 1.29 is 14.2 Å². The standard InChI is InChI=1S/C14H13BrClFN2O2/c1-21-12(7-3-2-4-11(17)9(7)6-20)8-5-10(15)13(16)19-14(8)18/h2-5,12,20H,6H2,1H3,(H2,18,19). The number of benzene rings is 1. The molecule has 112 valence electrons. The predicted molar refractivity (Wildman–Crippen MR) is 82.5 cm³/mol. The van der Waals surface area contributed by atoms with Crippen molar-refractivity contribution in [3.63, 3.8) is 0 Å². The van der Waals surface area contributed by atoms with Crippen molar-refractivity contribution in [1.82, 2.24) is 4.98 Å². The van der Waals surface area contributed by atoms with Crippen LogP contribution in [0.3, 0.4) is 0 Å². The Hall–Kier alpha value is -1.21. The highest BCUT2D eigenvalue weighted by atomic mass is 79.9. The van der Waals surface area contributed by atoms with E-state index in [1.54, 1.807) is 18.2 Å². The van der Waals surface area contributed by atoms with Crippen LogP contribution in [0.15, 0.2) is 28.7 Å². The molecule has 1 aromatic heterocycles. The van der Waals surface area contributed by atoms with Gasteiger partial charge in [-0.05, 0) is 33.6 Å². The third-order valence-corrected chi connectivity index (χ3v) is 4.23. The summed E-state index contributed by atoms with van der Waals surface area (Å²) < 4.78 is 19.8. The predicted octanol–water partition coefficient (Wildman–Crippen LogP) is 3.45. The first kappa shape index (κ1) is 16.2. The van der Waals surface area contributed by atoms with Crippen molar-refractivity contribution in [2.45, 2.75) is 12.7 Å². The highest BCUT2D eigenvalue weighted by molar-refractivity contribution is 9.10. The molecule has 1 heterocycles. The Morgan fingerprint density at radius 3 is 2.81 bits per heavy atom. The maximum Gasteiger partial charge on any atom is 0.145 e. The van der Waals surface area contributed by atoms with E-state index in [9.17, 15) is 9.50 Å². The lowest BCUT2D eigenvalue weighted by molar-refractivity contribution is 0.133. The second-order valence-electron chi connectivity index (χ2n) is 4.32. The number of nitrogens with two attached hydrogens (primary N) is 1. The number of hydrogen-bond acceptors (Lipinski definition) is 4. The molecule has 2 aromatic rings. The van der Waals surface area contributed by atoms with Crippen molar-refractivity contribution >= 4 is 33.3 Å². The number of hydrogen-bond donors (Lipinski definition) is 2. The number of rotatable bonds is 4. The van der Waals surface area contributed by atoms with Crippen LogP contribution in [0.1, 0.15) is 22.8 Å². The van der Waals surface area contributed by atoms with E-state index >= 15 is 0 Å². The first-order chi connectivity index (χ1) is 9.99. The van der Waals surface area contributed by atoms with Gasteiger partial charge in [0.2, 0.25) is 0 Å². The lowest BCUT2D eigenvalue weighted by atomic mass is 9.97. The monoisotopic (exact) mass is 374 g/mol. The molecule has 4 nitrogen and oxygen atoms in total. The molecule has 1 atom stereocenters. The zero-order valence-electron chi connectivity index (χ0n) is 11.1. The third-order valence-electron chi connectivity index (χ3n) is 3.11. The van der Waals surface area contributed by atoms with E-state index in [1.807, 2.05) is 0 Å². The highest BCUT2D eigenvalue weighted by Crippen LogP contribution is 2.35. The molecule has 21 heavy (non-hydrogen) atoms. The summed E-state index contributed by atoms with van der Waals surface area (Å²) in [6, 6.07) is 6.17. The van der Waals surface area contributed by atoms with Crippen LogP contribution in [0.2, 0.25) is 5.15 Å². The van der Waals surface area contributed by atoms with Crippen molar-refractivity contribution in [2.24, 2.45) is 0 Å². The maximum absolute atomic E-state index is 13.8. The van der Waals surface area contributed by atoms with Crippen LogP contribution in [0.4, 0.5) is 10.2 Å². The average molecular weight is 376 g/mol. The second kappa shape index (κ2) is 6.70. The van der Waals surface area contributed by atoms with Gasteiger partial charge in [0.25, 0.3) is 0 Å². The SMILES string of the molecule is COC(c1cc(Br)c(Cl)nc1N)c1cccc(F)c1CO. The van der Waals surface area contributed by atoms with Gasteiger partial charge in [-0.1, -0.05) is 23.7 Å². The van der Waals surface area contributed by atoms with E-state index < -0.39 is 18.5 Å². The van der Waals surface area contributed by atoms with Crippen molar-refractivity contribution in [1.29, 1.82) is 0 Å². The smallest absolute Gasteiger partial charge is 0.145 e. The lowest BCUT2D eigenvalue weighted by Gasteiger charge is -2.21. The van der Waals surface area contributed by atoms with Gasteiger partial charge in [0.15, 0.2) is 0 Å². The summed E-state index contributed by atoms with van der Waals surface area (Å²) in [6.07, 6.45) is -0.663. The molecule has 2 rings (SSSR count). The average Bonchev–Trinajstić information content (AvgIpc) is 2.45. The Labute approximate surface area is 134 Å². The number of pyridine rings is 1. The van der Waals surface area contributed by atoms with Gasteiger partial charge in [-0.25, -0.2) is 9.37 Å². The van der Waals surface area contributed by atoms with Crippen molar-refractivity contribution in [2.75, 3.05) is 12.8 Å². The molecule has 0 aliphatic rings. The summed E-state index contributed by atoms with van der Waals surface area (Å²) in [6.45, 7) is -0.441. The van der Waals surface area contributed by atoms with Gasteiger partial charge >= 0.3 is 0 Å². The van der Waals surface area contributed by atoms with Crippen molar-refractivity contribution in [3.8, 4) is 0 Å². The van der Waals surface area contributed by atoms with Crippen LogP contribution >= 0.6 is 27.5 Å². The Kier molecular flexibility index (Phi) is 5.16. The number of methoxy groups -OCH3 is 1. The molecule has 7 heteroatoms. The fraction of sp³-hybridized carbons (Fsp3) is 0.214. The summed E-state index contributed by atoms with van der Waals surface area (Å²) in [5, 5.41) is 9.62. The number of aliphatic hydroxyl groups excluding tert-OH is 1. The van der Waals surface area contributed by atoms with E-state index in [0.717, 1.165) is 0 Å². The number of ether oxygens (including phenoxy) is 1. The molecule has 0 radical (unpaired) electrons. The van der Waals surface area contributed by atoms with Gasteiger partial charge in [0.05, 0.1) is 11.1 Å². The van der Waals surface area contributed by atoms with E-state index in [2.05, 4.69) is 20.9 Å². The van der Waals surface area contributed by atoms with Crippen LogP contribution in [0.5, 0.6) is 0 Å². The van der Waals surface area contributed by atoms with Gasteiger partial charge in [0.1, 0.15) is 22.9 Å². The minimum absolute atomic E-state index is 0.162. The zero-order valence-corrected chi connectivity index (χ0v) is 13.4. The van der Waals surface area contributed by atoms with E-state index in [0.29, 0.717) is 15.6 Å². The molecule has 3 N–H and O–H groups in total. The minimum atomic E-state index is -0.663. The molecule has 0 saturated carbocycles. The molecular formula is C14H13BrClFN2O2. The Morgan fingerprint density at radius 1 is 1.48 bits per heavy atom. The van der Waals surface area contributed by atoms with Gasteiger partial charge in [-0.3, -0.25) is 0 Å². The van der Waals surface area contributed by atoms with Crippen LogP contribution in [-0.4, -0.2) is 17.2 Å². The van der Waals surface area contributed by atoms with Crippen LogP contribution in [-0.2, 0) is 11.3 Å². The van der Waals surface area contributed by atoms with Gasteiger partial charge in [0, 0.05) is 18.2 Å². The molecule has 0 spiro atoms. The summed E-state index contributed by atoms with van der Waals surface area (Å²) in [4.78, 5) is 4.01. The first-order valence-electron chi connectivity index (χ1n) is 6.02. The molecule has 0 saturated heterocycles. The molecule has 1 aromatic carbocycles. The normalized spacial score (nSPS) is 12.4. The van der Waals surface area contributed by atoms with Crippen LogP contribution < -0.4 is 5.73 Å². The number of aliphatic hydroxyl groups is 1. The quantitative estimate of drug-likeness (QED) is 0.803. The first-order valence-corrected chi connectivity index (χ1v) is 7.19. The van der Waals surface area contributed by atoms with Crippen LogP contribution in [0, 0.1) is 5.82 Å². The summed E-state index contributed by atoms with van der Waals surface area (Å²) in [5.41, 5.74) is 7.07. The Morgan fingerprint density at radius 2 is 2.19 bits per heavy atom. The maximum atomic E-state index is 13.8. The molecule has 0 amide bonds. The molecule has 0 aliphatic heterocycles. The topological polar surface area (TPSA) is 68.4 Å². The summed E-state index contributed by atoms with van der Waals surface area (Å²) in [5.74, 6) is -0.320. The Bertz CT molecular complexity index is 670. The minimum Gasteiger partial charge on any atom is -0.392 e. The lowest BCUT2D eigenvalue weighted by Crippen LogP contribution is -2.12. The van der Waals surface area contributed by atoms with Crippen molar-refractivity contribution in [3.05, 3.63) is 56.4 Å². The molecule has 0 fully saturated rings. The molecule has 0 aliphatic carbocycles. The van der Waals surface area contributed by atoms with E-state index in [4.69, 9.17) is 22.1 Å². The number of nitrogen functional groups attached to an aromatic ring is 1. The molecule has 1 unspecified atom stereocenters. The number of aromatic nitrogens is 1. The summed E-state index contributed by atoms with van der Waals surface area (Å²) >= 11 is 9.16. The van der Waals surface area contributed by atoms with Gasteiger partial charge in [-0.15, -0.1) is 0 Å². The van der Waals surface area contributed by atoms with E-state index in [-0.39, 0.29) is 16.5 Å². The van der Waals surface area contributed by atoms with Gasteiger partial charge < -0.3 is 15.6 Å². The second-order valence-corrected chi connectivity index (χ2v) is 5.53. The fourth-order valence-electron chi connectivity index (χ4n) is 2.11. The molecular weight excluding hydrogens is 363 g/mol. The largest absolute Gasteiger partial charge is 0.392 e. The number of halogens is 3. The Balaban J connectivity index is 2.60. The summed E-state index contributed by atoms with van der Waals surface area (Å²) in [7, 11) is 1.47.